The Labute approximate surface area is 185 Å². The second-order valence-electron chi connectivity index (χ2n) is 7.71. The molecule has 6 nitrogen and oxygen atoms in total. The van der Waals surface area contributed by atoms with E-state index in [2.05, 4.69) is 21.4 Å². The lowest BCUT2D eigenvalue weighted by atomic mass is 10.0. The lowest BCUT2D eigenvalue weighted by molar-refractivity contribution is -0.138. The minimum absolute atomic E-state index is 0.118. The number of nitrogens with one attached hydrogen (secondary N) is 1. The maximum Gasteiger partial charge on any atom is 0.320 e. The molecule has 0 amide bonds. The van der Waals surface area contributed by atoms with Crippen LogP contribution >= 0.6 is 0 Å². The van der Waals surface area contributed by atoms with Gasteiger partial charge in [-0.2, -0.15) is 0 Å². The first-order valence-electron chi connectivity index (χ1n) is 10.3. The number of aromatic nitrogens is 2. The number of carboxylic acid groups (broad SMARTS) is 1. The Bertz CT molecular complexity index is 1260. The molecule has 0 aliphatic heterocycles. The zero-order valence-electron chi connectivity index (χ0n) is 17.5. The van der Waals surface area contributed by atoms with Gasteiger partial charge in [0.1, 0.15) is 6.04 Å². The van der Waals surface area contributed by atoms with Crippen LogP contribution in [-0.2, 0) is 11.2 Å². The first kappa shape index (κ1) is 21.4. The summed E-state index contributed by atoms with van der Waals surface area (Å²) in [5.41, 5.74) is 8.08. The van der Waals surface area contributed by atoms with Gasteiger partial charge in [0.15, 0.2) is 17.5 Å². The monoisotopic (exact) mass is 430 g/mol. The van der Waals surface area contributed by atoms with Gasteiger partial charge in [0.05, 0.1) is 12.2 Å². The molecule has 2 atom stereocenters. The fraction of sp³-hybridized carbons (Fsp3) is 0.160. The van der Waals surface area contributed by atoms with Crippen molar-refractivity contribution < 1.29 is 14.3 Å². The van der Waals surface area contributed by atoms with Gasteiger partial charge in [-0.15, -0.1) is 0 Å². The van der Waals surface area contributed by atoms with Crippen molar-refractivity contribution >= 4 is 22.6 Å². The largest absolute Gasteiger partial charge is 0.480 e. The second-order valence-corrected chi connectivity index (χ2v) is 7.71. The molecule has 1 aromatic heterocycles. The van der Waals surface area contributed by atoms with E-state index in [9.17, 15) is 9.18 Å². The van der Waals surface area contributed by atoms with Crippen LogP contribution in [-0.4, -0.2) is 27.1 Å². The van der Waals surface area contributed by atoms with E-state index in [0.717, 1.165) is 28.1 Å². The number of nitrogens with zero attached hydrogens (tertiary/aromatic N) is 2. The maximum absolute atomic E-state index is 14.4. The number of carboxylic acids is 1. The predicted molar refractivity (Wildman–Crippen MR) is 123 cm³/mol. The Morgan fingerprint density at radius 3 is 2.53 bits per heavy atom. The van der Waals surface area contributed by atoms with E-state index < -0.39 is 17.8 Å². The molecule has 162 valence electrons. The maximum atomic E-state index is 14.4. The highest BCUT2D eigenvalue weighted by Gasteiger charge is 2.15. The van der Waals surface area contributed by atoms with Crippen LogP contribution in [0.5, 0.6) is 0 Å². The molecule has 0 bridgehead atoms. The van der Waals surface area contributed by atoms with Crippen molar-refractivity contribution in [3.63, 3.8) is 0 Å². The summed E-state index contributed by atoms with van der Waals surface area (Å²) in [5, 5.41) is 14.4. The molecule has 3 aromatic carbocycles. The van der Waals surface area contributed by atoms with E-state index in [1.165, 1.54) is 0 Å². The Balaban J connectivity index is 1.53. The van der Waals surface area contributed by atoms with Crippen molar-refractivity contribution in [3.8, 4) is 11.4 Å². The fourth-order valence-corrected chi connectivity index (χ4v) is 3.50. The first-order chi connectivity index (χ1) is 15.4. The summed E-state index contributed by atoms with van der Waals surface area (Å²) in [6.07, 6.45) is 1.36. The summed E-state index contributed by atoms with van der Waals surface area (Å²) in [7, 11) is 0. The highest BCUT2D eigenvalue weighted by molar-refractivity contribution is 5.83. The number of hydrogen-bond donors (Lipinski definition) is 3. The molecule has 0 aliphatic carbocycles. The highest BCUT2D eigenvalue weighted by Crippen LogP contribution is 2.25. The van der Waals surface area contributed by atoms with Gasteiger partial charge in [0, 0.05) is 5.56 Å². The zero-order chi connectivity index (χ0) is 22.7. The highest BCUT2D eigenvalue weighted by atomic mass is 19.1. The normalized spacial score (nSPS) is 13.0. The van der Waals surface area contributed by atoms with Gasteiger partial charge in [0.25, 0.3) is 0 Å². The van der Waals surface area contributed by atoms with E-state index in [0.29, 0.717) is 11.4 Å². The van der Waals surface area contributed by atoms with Crippen molar-refractivity contribution in [2.24, 2.45) is 5.73 Å². The summed E-state index contributed by atoms with van der Waals surface area (Å²) >= 11 is 0. The Hall–Kier alpha value is -3.84. The second kappa shape index (κ2) is 9.11. The summed E-state index contributed by atoms with van der Waals surface area (Å²) in [6.45, 7) is 1.95. The summed E-state index contributed by atoms with van der Waals surface area (Å²) < 4.78 is 14.4. The molecular formula is C25H23FN4O2. The van der Waals surface area contributed by atoms with Crippen molar-refractivity contribution in [3.05, 3.63) is 89.9 Å². The number of aliphatic carboxylic acids is 1. The van der Waals surface area contributed by atoms with Gasteiger partial charge in [0.2, 0.25) is 0 Å². The zero-order valence-corrected chi connectivity index (χ0v) is 17.5. The molecule has 0 saturated carbocycles. The number of carbonyl (C=O) groups is 1. The molecule has 1 heterocycles. The van der Waals surface area contributed by atoms with E-state index in [4.69, 9.17) is 10.8 Å². The summed E-state index contributed by atoms with van der Waals surface area (Å²) in [5.74, 6) is -1.10. The van der Waals surface area contributed by atoms with Crippen LogP contribution in [0.1, 0.15) is 24.1 Å². The SMILES string of the molecule is CC(Nc1nc(-c2ccc(CC(N)C(=O)O)cc2)ncc1F)c1ccc2ccccc2c1. The predicted octanol–water partition coefficient (Wildman–Crippen LogP) is 4.56. The molecule has 4 N–H and O–H groups in total. The fourth-order valence-electron chi connectivity index (χ4n) is 3.50. The third-order valence-corrected chi connectivity index (χ3v) is 5.36. The molecule has 7 heteroatoms. The lowest BCUT2D eigenvalue weighted by Gasteiger charge is -2.16. The number of benzene rings is 3. The number of rotatable bonds is 7. The minimum atomic E-state index is -1.05. The average Bonchev–Trinajstić information content (AvgIpc) is 2.80. The van der Waals surface area contributed by atoms with Gasteiger partial charge < -0.3 is 16.2 Å². The lowest BCUT2D eigenvalue weighted by Crippen LogP contribution is -2.32. The third-order valence-electron chi connectivity index (χ3n) is 5.36. The van der Waals surface area contributed by atoms with Gasteiger partial charge in [-0.05, 0) is 41.3 Å². The van der Waals surface area contributed by atoms with Crippen LogP contribution in [0.15, 0.2) is 72.9 Å². The van der Waals surface area contributed by atoms with Crippen LogP contribution in [0, 0.1) is 5.82 Å². The van der Waals surface area contributed by atoms with Crippen molar-refractivity contribution in [2.45, 2.75) is 25.4 Å². The molecule has 0 fully saturated rings. The van der Waals surface area contributed by atoms with Crippen molar-refractivity contribution in [1.82, 2.24) is 9.97 Å². The summed E-state index contributed by atoms with van der Waals surface area (Å²) in [4.78, 5) is 19.4. The van der Waals surface area contributed by atoms with Crippen molar-refractivity contribution in [1.29, 1.82) is 0 Å². The first-order valence-corrected chi connectivity index (χ1v) is 10.3. The van der Waals surface area contributed by atoms with Gasteiger partial charge in [-0.3, -0.25) is 4.79 Å². The molecular weight excluding hydrogens is 407 g/mol. The number of nitrogens with two attached hydrogens (primary N) is 1. The van der Waals surface area contributed by atoms with E-state index in [1.54, 1.807) is 24.3 Å². The molecule has 4 rings (SSSR count). The molecule has 32 heavy (non-hydrogen) atoms. The van der Waals surface area contributed by atoms with Gasteiger partial charge >= 0.3 is 5.97 Å². The van der Waals surface area contributed by atoms with Gasteiger partial charge in [-0.1, -0.05) is 60.7 Å². The summed E-state index contributed by atoms with van der Waals surface area (Å²) in [6, 6.07) is 20.2. The van der Waals surface area contributed by atoms with Crippen molar-refractivity contribution in [2.75, 3.05) is 5.32 Å². The molecule has 4 aromatic rings. The number of hydrogen-bond acceptors (Lipinski definition) is 5. The van der Waals surface area contributed by atoms with E-state index in [-0.39, 0.29) is 18.3 Å². The smallest absolute Gasteiger partial charge is 0.320 e. The Kier molecular flexibility index (Phi) is 6.09. The molecule has 0 spiro atoms. The number of anilines is 1. The minimum Gasteiger partial charge on any atom is -0.480 e. The Morgan fingerprint density at radius 1 is 1.09 bits per heavy atom. The van der Waals surface area contributed by atoms with E-state index >= 15 is 0 Å². The quantitative estimate of drug-likeness (QED) is 0.397. The number of fused-ring (bicyclic) bond motifs is 1. The average molecular weight is 430 g/mol. The molecule has 2 unspecified atom stereocenters. The van der Waals surface area contributed by atoms with Crippen LogP contribution in [0.25, 0.3) is 22.2 Å². The standard InChI is InChI=1S/C25H23FN4O2/c1-15(19-11-10-17-4-2-3-5-20(17)13-19)29-24-21(26)14-28-23(30-24)18-8-6-16(7-9-18)12-22(27)25(31)32/h2-11,13-15,22H,12,27H2,1H3,(H,31,32)(H,28,29,30). The number of halogens is 1. The van der Waals surface area contributed by atoms with Crippen LogP contribution in [0.2, 0.25) is 0 Å². The Morgan fingerprint density at radius 2 is 1.81 bits per heavy atom. The third kappa shape index (κ3) is 4.73. The molecule has 0 saturated heterocycles. The molecule has 0 radical (unpaired) electrons. The van der Waals surface area contributed by atoms with Gasteiger partial charge in [-0.25, -0.2) is 14.4 Å². The van der Waals surface area contributed by atoms with Crippen LogP contribution in [0.4, 0.5) is 10.2 Å². The topological polar surface area (TPSA) is 101 Å². The van der Waals surface area contributed by atoms with Crippen LogP contribution in [0.3, 0.4) is 0 Å². The van der Waals surface area contributed by atoms with E-state index in [1.807, 2.05) is 43.3 Å². The molecule has 0 aliphatic rings. The van der Waals surface area contributed by atoms with Crippen LogP contribution < -0.4 is 11.1 Å².